The van der Waals surface area contributed by atoms with Crippen LogP contribution in [0.3, 0.4) is 0 Å². The molecule has 0 amide bonds. The normalized spacial score (nSPS) is 66.1. The number of Topliss-reactive ketones (excluding diaryl/α,β-unsaturated/α-hetero) is 2. The zero-order chi connectivity index (χ0) is 32.8. The van der Waals surface area contributed by atoms with E-state index >= 15 is 0 Å². The molecule has 6 heteroatoms. The first-order valence-electron chi connectivity index (χ1n) is 19.7. The molecule has 0 saturated heterocycles. The first kappa shape index (κ1) is 30.7. The molecule has 0 heterocycles. The molecule has 11 rings (SSSR count). The average Bonchev–Trinajstić information content (AvgIpc) is 3.91. The van der Waals surface area contributed by atoms with Gasteiger partial charge in [-0.3, -0.25) is 9.59 Å². The summed E-state index contributed by atoms with van der Waals surface area (Å²) in [6.45, 7) is 9.05. The minimum atomic E-state index is -0.870. The van der Waals surface area contributed by atoms with Crippen LogP contribution in [0.1, 0.15) is 111 Å². The summed E-state index contributed by atoms with van der Waals surface area (Å²) in [6.07, 6.45) is 15.6. The van der Waals surface area contributed by atoms with Crippen molar-refractivity contribution in [1.82, 2.24) is 0 Å². The minimum absolute atomic E-state index is 0.0497. The van der Waals surface area contributed by atoms with Crippen LogP contribution in [-0.4, -0.2) is 55.4 Å². The lowest BCUT2D eigenvalue weighted by atomic mass is 9.43. The molecule has 0 aromatic heterocycles. The van der Waals surface area contributed by atoms with Gasteiger partial charge in [0.25, 0.3) is 0 Å². The summed E-state index contributed by atoms with van der Waals surface area (Å²) in [7, 11) is 0. The van der Waals surface area contributed by atoms with Crippen molar-refractivity contribution in [2.45, 2.75) is 135 Å². The van der Waals surface area contributed by atoms with Gasteiger partial charge in [-0.2, -0.15) is 0 Å². The van der Waals surface area contributed by atoms with Crippen LogP contribution < -0.4 is 0 Å². The number of ketones is 2. The number of allylic oxidation sites excluding steroid dienone is 1. The van der Waals surface area contributed by atoms with Gasteiger partial charge in [0.1, 0.15) is 11.6 Å². The predicted molar refractivity (Wildman–Crippen MR) is 175 cm³/mol. The van der Waals surface area contributed by atoms with Crippen molar-refractivity contribution in [3.63, 3.8) is 0 Å². The Hall–Kier alpha value is -1.08. The van der Waals surface area contributed by atoms with Crippen molar-refractivity contribution in [3.8, 4) is 0 Å². The molecule has 11 aliphatic rings. The Labute approximate surface area is 280 Å². The molecule has 0 aliphatic heterocycles. The van der Waals surface area contributed by atoms with Crippen molar-refractivity contribution < 1.29 is 30.0 Å². The van der Waals surface area contributed by atoms with E-state index in [0.29, 0.717) is 95.4 Å². The van der Waals surface area contributed by atoms with Crippen LogP contribution >= 0.6 is 0 Å². The van der Waals surface area contributed by atoms with Crippen LogP contribution in [0, 0.1) is 92.7 Å². The number of fused-ring (bicyclic) bond motifs is 17. The van der Waals surface area contributed by atoms with E-state index < -0.39 is 11.2 Å². The maximum Gasteiger partial charge on any atom is 0.142 e. The number of aliphatic hydroxyl groups is 4. The molecular weight excluding hydrogens is 588 g/mol. The molecule has 0 bridgehead atoms. The Morgan fingerprint density at radius 1 is 0.638 bits per heavy atom. The highest BCUT2D eigenvalue weighted by Crippen LogP contribution is 2.79. The van der Waals surface area contributed by atoms with Gasteiger partial charge < -0.3 is 20.4 Å². The number of aliphatic hydroxyl groups excluding tert-OH is 2. The Kier molecular flexibility index (Phi) is 5.91. The Morgan fingerprint density at radius 2 is 1.21 bits per heavy atom. The van der Waals surface area contributed by atoms with Gasteiger partial charge in [0.15, 0.2) is 0 Å². The topological polar surface area (TPSA) is 115 Å². The average molecular weight is 647 g/mol. The second-order valence-corrected chi connectivity index (χ2v) is 20.4. The van der Waals surface area contributed by atoms with Crippen molar-refractivity contribution in [3.05, 3.63) is 12.2 Å². The predicted octanol–water partition coefficient (Wildman–Crippen LogP) is 5.49. The van der Waals surface area contributed by atoms with Gasteiger partial charge in [-0.05, 0) is 135 Å². The minimum Gasteiger partial charge on any atom is -0.393 e. The highest BCUT2D eigenvalue weighted by molar-refractivity contribution is 5.93. The van der Waals surface area contributed by atoms with Crippen molar-refractivity contribution >= 4 is 11.6 Å². The molecule has 10 fully saturated rings. The van der Waals surface area contributed by atoms with Crippen LogP contribution in [0.15, 0.2) is 12.2 Å². The van der Waals surface area contributed by atoms with Gasteiger partial charge in [0, 0.05) is 40.9 Å². The summed E-state index contributed by atoms with van der Waals surface area (Å²) < 4.78 is 0. The van der Waals surface area contributed by atoms with Crippen LogP contribution in [0.25, 0.3) is 0 Å². The molecule has 4 N–H and O–H groups in total. The van der Waals surface area contributed by atoms with Gasteiger partial charge in [-0.15, -0.1) is 0 Å². The van der Waals surface area contributed by atoms with Gasteiger partial charge in [-0.1, -0.05) is 39.8 Å². The van der Waals surface area contributed by atoms with Gasteiger partial charge in [0.05, 0.1) is 23.4 Å². The lowest BCUT2D eigenvalue weighted by molar-refractivity contribution is -0.225. The van der Waals surface area contributed by atoms with E-state index in [2.05, 4.69) is 33.8 Å². The molecule has 10 saturated carbocycles. The van der Waals surface area contributed by atoms with Gasteiger partial charge >= 0.3 is 0 Å². The third-order valence-electron chi connectivity index (χ3n) is 18.8. The van der Waals surface area contributed by atoms with Crippen molar-refractivity contribution in [1.29, 1.82) is 0 Å². The molecule has 47 heavy (non-hydrogen) atoms. The van der Waals surface area contributed by atoms with E-state index in [1.807, 2.05) is 6.08 Å². The standard InChI is InChI=1S/C21H30O3.C20H28O3/c1-19-5-4-14-16(17(19)11-7-12(11)18(19)23)13-8-15(13)21(24)9-10(22)3-6-20(14,21)2;1-18-6-5-15-12(16(18)13-9-14(13)17(18)22)4-8-20(23)10-11(21)3-7-19(15,20)2/h10-17,22,24H,3-9H2,1-2H3;4,8,11-16,21,23H,3,5-7,9-10H2,1-2H3/t10-,11+,12-,13-,14?,15+,16?,17?,19-,20+,21+;11-,12?,13+,14-,15?,16?,18-,19+,20-/m00/s1. The third kappa shape index (κ3) is 3.54. The highest BCUT2D eigenvalue weighted by atomic mass is 16.3. The molecule has 0 aromatic carbocycles. The van der Waals surface area contributed by atoms with Crippen molar-refractivity contribution in [2.24, 2.45) is 92.7 Å². The van der Waals surface area contributed by atoms with E-state index in [0.717, 1.165) is 70.6 Å². The fraction of sp³-hybridized carbons (Fsp3) is 0.902. The largest absolute Gasteiger partial charge is 0.393 e. The number of rotatable bonds is 0. The molecular formula is C41H58O6. The summed E-state index contributed by atoms with van der Waals surface area (Å²) in [4.78, 5) is 25.6. The Balaban J connectivity index is 0.000000121. The van der Waals surface area contributed by atoms with Gasteiger partial charge in [0.2, 0.25) is 0 Å². The third-order valence-corrected chi connectivity index (χ3v) is 18.8. The fourth-order valence-corrected chi connectivity index (χ4v) is 16.1. The zero-order valence-electron chi connectivity index (χ0n) is 29.0. The van der Waals surface area contributed by atoms with Gasteiger partial charge in [-0.25, -0.2) is 0 Å². The van der Waals surface area contributed by atoms with E-state index in [9.17, 15) is 30.0 Å². The summed E-state index contributed by atoms with van der Waals surface area (Å²) in [5.41, 5.74) is -1.89. The van der Waals surface area contributed by atoms with Crippen LogP contribution in [-0.2, 0) is 9.59 Å². The smallest absolute Gasteiger partial charge is 0.142 e. The second-order valence-electron chi connectivity index (χ2n) is 20.4. The maximum atomic E-state index is 12.9. The molecule has 11 aliphatic carbocycles. The Morgan fingerprint density at radius 3 is 1.89 bits per heavy atom. The number of carbonyl (C=O) groups excluding carboxylic acids is 2. The quantitative estimate of drug-likeness (QED) is 0.259. The SMILES string of the molecule is C[C@]12CCC3C(C1[C@@H]1C[C@@H]1C2=O)[C@H]1C[C@H]1[C@]1(O)C[C@@H](O)CC[C@]31C.C[C@]12CCC3C(C=C[C@]4(O)C[C@@H](O)CC[C@]34C)C1[C@@H]1C[C@@H]1C2=O. The molecule has 0 radical (unpaired) electrons. The lowest BCUT2D eigenvalue weighted by Crippen LogP contribution is -2.64. The molecule has 258 valence electrons. The number of hydrogen-bond donors (Lipinski definition) is 4. The van der Waals surface area contributed by atoms with E-state index in [1.165, 1.54) is 0 Å². The number of carbonyl (C=O) groups is 2. The van der Waals surface area contributed by atoms with Crippen LogP contribution in [0.5, 0.6) is 0 Å². The van der Waals surface area contributed by atoms with E-state index in [-0.39, 0.29) is 33.9 Å². The lowest BCUT2D eigenvalue weighted by Gasteiger charge is -2.63. The maximum absolute atomic E-state index is 12.9. The fourth-order valence-electron chi connectivity index (χ4n) is 16.1. The van der Waals surface area contributed by atoms with E-state index in [1.54, 1.807) is 0 Å². The summed E-state index contributed by atoms with van der Waals surface area (Å²) >= 11 is 0. The zero-order valence-corrected chi connectivity index (χ0v) is 29.0. The molecule has 6 nitrogen and oxygen atoms in total. The summed E-state index contributed by atoms with van der Waals surface area (Å²) in [5, 5.41) is 43.2. The van der Waals surface area contributed by atoms with Crippen LogP contribution in [0.2, 0.25) is 0 Å². The summed E-state index contributed by atoms with van der Waals surface area (Å²) in [5.74, 6) is 7.32. The molecule has 0 aromatic rings. The highest BCUT2D eigenvalue weighted by Gasteiger charge is 2.78. The molecule has 20 atom stereocenters. The second kappa shape index (κ2) is 9.04. The first-order chi connectivity index (χ1) is 22.1. The van der Waals surface area contributed by atoms with Crippen molar-refractivity contribution in [2.75, 3.05) is 0 Å². The number of hydrogen-bond acceptors (Lipinski definition) is 6. The van der Waals surface area contributed by atoms with Crippen LogP contribution in [0.4, 0.5) is 0 Å². The molecule has 0 spiro atoms. The summed E-state index contributed by atoms with van der Waals surface area (Å²) in [6, 6.07) is 0. The molecule has 6 unspecified atom stereocenters. The first-order valence-corrected chi connectivity index (χ1v) is 19.7. The van der Waals surface area contributed by atoms with E-state index in [4.69, 9.17) is 0 Å². The monoisotopic (exact) mass is 646 g/mol. The Bertz CT molecular complexity index is 1470.